The second kappa shape index (κ2) is 7.50. The molecule has 32 heavy (non-hydrogen) atoms. The molecular weight excluding hydrogens is 432 g/mol. The van der Waals surface area contributed by atoms with Gasteiger partial charge in [0.05, 0.1) is 11.4 Å². The van der Waals surface area contributed by atoms with Crippen molar-refractivity contribution in [3.05, 3.63) is 105 Å². The number of fused-ring (bicyclic) bond motifs is 2. The van der Waals surface area contributed by atoms with Crippen LogP contribution in [0, 0.1) is 0 Å². The highest BCUT2D eigenvalue weighted by atomic mass is 32.2. The topological polar surface area (TPSA) is 116 Å². The molecule has 0 amide bonds. The molecule has 5 aromatic rings. The van der Waals surface area contributed by atoms with Crippen LogP contribution in [0.1, 0.15) is 5.56 Å². The average molecular weight is 448 g/mol. The van der Waals surface area contributed by atoms with Gasteiger partial charge in [0, 0.05) is 23.3 Å². The molecule has 1 N–H and O–H groups in total. The number of anilines is 1. The van der Waals surface area contributed by atoms with Gasteiger partial charge in [0.2, 0.25) is 0 Å². The van der Waals surface area contributed by atoms with Crippen LogP contribution in [0.5, 0.6) is 0 Å². The number of pyridine rings is 1. The minimum absolute atomic E-state index is 0.0285. The average Bonchev–Trinajstić information content (AvgIpc) is 3.08. The molecule has 0 aliphatic carbocycles. The maximum atomic E-state index is 12.9. The highest BCUT2D eigenvalue weighted by molar-refractivity contribution is 7.92. The van der Waals surface area contributed by atoms with Crippen molar-refractivity contribution in [2.24, 2.45) is 0 Å². The third-order valence-corrected chi connectivity index (χ3v) is 6.28. The number of hydrogen-bond acceptors (Lipinski definition) is 6. The van der Waals surface area contributed by atoms with E-state index in [4.69, 9.17) is 4.42 Å². The van der Waals surface area contributed by atoms with Crippen molar-refractivity contribution in [1.82, 2.24) is 14.2 Å². The van der Waals surface area contributed by atoms with Crippen LogP contribution < -0.4 is 16.0 Å². The summed E-state index contributed by atoms with van der Waals surface area (Å²) in [6, 6.07) is 19.0. The number of sulfonamides is 1. The Bertz CT molecular complexity index is 1700. The van der Waals surface area contributed by atoms with Crippen molar-refractivity contribution in [1.29, 1.82) is 0 Å². The Morgan fingerprint density at radius 1 is 0.938 bits per heavy atom. The third-order valence-electron chi connectivity index (χ3n) is 4.90. The molecule has 2 aromatic carbocycles. The lowest BCUT2D eigenvalue weighted by Gasteiger charge is -2.10. The minimum Gasteiger partial charge on any atom is -0.423 e. The molecule has 0 unspecified atom stereocenters. The van der Waals surface area contributed by atoms with Crippen molar-refractivity contribution in [3.8, 4) is 0 Å². The molecule has 9 nitrogen and oxygen atoms in total. The van der Waals surface area contributed by atoms with E-state index in [0.717, 1.165) is 0 Å². The van der Waals surface area contributed by atoms with Crippen LogP contribution in [0.3, 0.4) is 0 Å². The standard InChI is InChI=1S/C22H16N4O5S/c27-21-10-7-16-13-18(8-9-19(16)31-21)32(29,30)24-17-5-3-4-15(12-17)14-26-22(28)25-11-2-1-6-20(25)23-26/h1-13,24H,14H2. The molecular formula is C22H16N4O5S. The van der Waals surface area contributed by atoms with Gasteiger partial charge in [0.25, 0.3) is 10.0 Å². The zero-order valence-corrected chi connectivity index (χ0v) is 17.3. The Labute approximate surface area is 181 Å². The van der Waals surface area contributed by atoms with Gasteiger partial charge in [-0.25, -0.2) is 22.7 Å². The summed E-state index contributed by atoms with van der Waals surface area (Å²) in [5, 5.41) is 4.78. The highest BCUT2D eigenvalue weighted by Gasteiger charge is 2.16. The molecule has 160 valence electrons. The second-order valence-corrected chi connectivity index (χ2v) is 8.81. The molecule has 5 rings (SSSR count). The Kier molecular flexibility index (Phi) is 4.63. The predicted octanol–water partition coefficient (Wildman–Crippen LogP) is 2.45. The SMILES string of the molecule is O=c1ccc2cc(S(=O)(=O)Nc3cccc(Cn4nc5ccccn5c4=O)c3)ccc2o1. The molecule has 3 aromatic heterocycles. The molecule has 0 fully saturated rings. The lowest BCUT2D eigenvalue weighted by Crippen LogP contribution is -2.21. The Balaban J connectivity index is 1.42. The Hall–Kier alpha value is -4.18. The second-order valence-electron chi connectivity index (χ2n) is 7.13. The largest absolute Gasteiger partial charge is 0.423 e. The van der Waals surface area contributed by atoms with Crippen LogP contribution >= 0.6 is 0 Å². The van der Waals surface area contributed by atoms with Crippen LogP contribution in [0.4, 0.5) is 5.69 Å². The summed E-state index contributed by atoms with van der Waals surface area (Å²) in [6.45, 7) is 0.186. The van der Waals surface area contributed by atoms with Gasteiger partial charge in [-0.2, -0.15) is 0 Å². The normalized spacial score (nSPS) is 11.8. The van der Waals surface area contributed by atoms with Crippen LogP contribution in [0.25, 0.3) is 16.6 Å². The van der Waals surface area contributed by atoms with Crippen molar-refractivity contribution >= 4 is 32.3 Å². The fourth-order valence-corrected chi connectivity index (χ4v) is 4.49. The van der Waals surface area contributed by atoms with Crippen molar-refractivity contribution < 1.29 is 12.8 Å². The Morgan fingerprint density at radius 3 is 2.66 bits per heavy atom. The zero-order valence-electron chi connectivity index (χ0n) is 16.5. The first kappa shape index (κ1) is 19.8. The molecule has 10 heteroatoms. The van der Waals surface area contributed by atoms with Crippen molar-refractivity contribution in [3.63, 3.8) is 0 Å². The molecule has 0 radical (unpaired) electrons. The zero-order chi connectivity index (χ0) is 22.3. The van der Waals surface area contributed by atoms with Crippen molar-refractivity contribution in [2.45, 2.75) is 11.4 Å². The summed E-state index contributed by atoms with van der Waals surface area (Å²) in [4.78, 5) is 23.8. The number of benzene rings is 2. The predicted molar refractivity (Wildman–Crippen MR) is 118 cm³/mol. The number of aromatic nitrogens is 3. The summed E-state index contributed by atoms with van der Waals surface area (Å²) in [6.07, 6.45) is 1.64. The quantitative estimate of drug-likeness (QED) is 0.413. The maximum absolute atomic E-state index is 12.9. The monoisotopic (exact) mass is 448 g/mol. The fourth-order valence-electron chi connectivity index (χ4n) is 3.41. The Morgan fingerprint density at radius 2 is 1.81 bits per heavy atom. The molecule has 0 saturated carbocycles. The van der Waals surface area contributed by atoms with Crippen LogP contribution in [-0.2, 0) is 16.6 Å². The van der Waals surface area contributed by atoms with E-state index >= 15 is 0 Å². The van der Waals surface area contributed by atoms with Gasteiger partial charge in [0.15, 0.2) is 5.65 Å². The maximum Gasteiger partial charge on any atom is 0.350 e. The van der Waals surface area contributed by atoms with Gasteiger partial charge >= 0.3 is 11.3 Å². The van der Waals surface area contributed by atoms with Crippen LogP contribution in [0.2, 0.25) is 0 Å². The number of rotatable bonds is 5. The number of nitrogens with one attached hydrogen (secondary N) is 1. The van der Waals surface area contributed by atoms with Gasteiger partial charge in [-0.05, 0) is 54.1 Å². The molecule has 3 heterocycles. The van der Waals surface area contributed by atoms with Gasteiger partial charge in [0.1, 0.15) is 5.58 Å². The van der Waals surface area contributed by atoms with E-state index < -0.39 is 15.6 Å². The summed E-state index contributed by atoms with van der Waals surface area (Å²) >= 11 is 0. The van der Waals surface area contributed by atoms with E-state index in [9.17, 15) is 18.0 Å². The molecule has 0 aliphatic rings. The summed E-state index contributed by atoms with van der Waals surface area (Å²) in [5.41, 5.74) is 1.09. The molecule has 0 bridgehead atoms. The van der Waals surface area contributed by atoms with Gasteiger partial charge in [-0.1, -0.05) is 18.2 Å². The number of nitrogens with zero attached hydrogens (tertiary/aromatic N) is 3. The molecule has 0 spiro atoms. The third kappa shape index (κ3) is 3.67. The first-order chi connectivity index (χ1) is 15.4. The van der Waals surface area contributed by atoms with E-state index in [2.05, 4.69) is 9.82 Å². The lowest BCUT2D eigenvalue weighted by molar-refractivity contribution is 0.560. The smallest absolute Gasteiger partial charge is 0.350 e. The summed E-state index contributed by atoms with van der Waals surface area (Å²) < 4.78 is 36.1. The van der Waals surface area contributed by atoms with Crippen molar-refractivity contribution in [2.75, 3.05) is 4.72 Å². The first-order valence-corrected chi connectivity index (χ1v) is 11.1. The summed E-state index contributed by atoms with van der Waals surface area (Å²) in [5.74, 6) is 0. The van der Waals surface area contributed by atoms with E-state index in [-0.39, 0.29) is 17.1 Å². The molecule has 0 atom stereocenters. The van der Waals surface area contributed by atoms with E-state index in [1.807, 2.05) is 0 Å². The highest BCUT2D eigenvalue weighted by Crippen LogP contribution is 2.21. The molecule has 0 saturated heterocycles. The lowest BCUT2D eigenvalue weighted by atomic mass is 10.2. The van der Waals surface area contributed by atoms with E-state index in [0.29, 0.717) is 27.9 Å². The van der Waals surface area contributed by atoms with Crippen LogP contribution in [-0.4, -0.2) is 22.6 Å². The molecule has 0 aliphatic heterocycles. The van der Waals surface area contributed by atoms with Gasteiger partial charge in [-0.3, -0.25) is 9.12 Å². The van der Waals surface area contributed by atoms with Gasteiger partial charge in [-0.15, -0.1) is 5.10 Å². The van der Waals surface area contributed by atoms with Crippen LogP contribution in [0.15, 0.2) is 97.9 Å². The number of hydrogen-bond donors (Lipinski definition) is 1. The minimum atomic E-state index is -3.89. The van der Waals surface area contributed by atoms with E-state index in [1.54, 1.807) is 48.7 Å². The van der Waals surface area contributed by atoms with Gasteiger partial charge < -0.3 is 4.42 Å². The summed E-state index contributed by atoms with van der Waals surface area (Å²) in [7, 11) is -3.89. The fraction of sp³-hybridized carbons (Fsp3) is 0.0455. The van der Waals surface area contributed by atoms with E-state index in [1.165, 1.54) is 39.4 Å². The first-order valence-electron chi connectivity index (χ1n) is 9.59.